The third-order valence-corrected chi connectivity index (χ3v) is 6.15. The summed E-state index contributed by atoms with van der Waals surface area (Å²) in [6.07, 6.45) is -0.239. The van der Waals surface area contributed by atoms with Crippen LogP contribution in [0.4, 0.5) is 45.6 Å². The van der Waals surface area contributed by atoms with Gasteiger partial charge in [-0.25, -0.2) is 19.5 Å². The van der Waals surface area contributed by atoms with Crippen molar-refractivity contribution in [1.82, 2.24) is 9.97 Å². The fourth-order valence-corrected chi connectivity index (χ4v) is 4.39. The highest BCUT2D eigenvalue weighted by atomic mass is 19.4. The molecule has 1 aliphatic carbocycles. The molecule has 2 unspecified atom stereocenters. The van der Waals surface area contributed by atoms with E-state index in [0.717, 1.165) is 17.0 Å². The number of carbonyl (C=O) groups is 3. The molecule has 1 saturated heterocycles. The molecule has 5 amide bonds. The van der Waals surface area contributed by atoms with E-state index in [1.54, 1.807) is 18.2 Å². The fraction of sp³-hybridized carbons (Fsp3) is 0.208. The lowest BCUT2D eigenvalue weighted by molar-refractivity contribution is -0.274. The van der Waals surface area contributed by atoms with Gasteiger partial charge >= 0.3 is 18.4 Å². The minimum Gasteiger partial charge on any atom is -0.406 e. The third kappa shape index (κ3) is 4.39. The minimum absolute atomic E-state index is 0.0851. The summed E-state index contributed by atoms with van der Waals surface area (Å²) in [5, 5.41) is 5.20. The fourth-order valence-electron chi connectivity index (χ4n) is 4.39. The summed E-state index contributed by atoms with van der Waals surface area (Å²) >= 11 is 0. The van der Waals surface area contributed by atoms with Crippen molar-refractivity contribution >= 4 is 40.8 Å². The second kappa shape index (κ2) is 8.76. The highest BCUT2D eigenvalue weighted by Crippen LogP contribution is 2.56. The molecule has 2 N–H and O–H groups in total. The number of ether oxygens (including phenoxy) is 1. The molecule has 5 rings (SSSR count). The van der Waals surface area contributed by atoms with Crippen LogP contribution in [0.1, 0.15) is 13.3 Å². The first-order valence-electron chi connectivity index (χ1n) is 11.1. The van der Waals surface area contributed by atoms with E-state index in [4.69, 9.17) is 0 Å². The molecule has 190 valence electrons. The summed E-state index contributed by atoms with van der Waals surface area (Å²) in [6, 6.07) is 9.58. The van der Waals surface area contributed by atoms with Gasteiger partial charge in [0.15, 0.2) is 0 Å². The van der Waals surface area contributed by atoms with Gasteiger partial charge in [-0.1, -0.05) is 13.0 Å². The zero-order chi connectivity index (χ0) is 26.4. The Hall–Kier alpha value is -4.68. The van der Waals surface area contributed by atoms with Gasteiger partial charge in [0.2, 0.25) is 0 Å². The topological polar surface area (TPSA) is 117 Å². The Bertz CT molecular complexity index is 1370. The van der Waals surface area contributed by atoms with Crippen molar-refractivity contribution in [3.05, 3.63) is 67.1 Å². The normalized spacial score (nSPS) is 20.8. The van der Waals surface area contributed by atoms with E-state index >= 15 is 0 Å². The molecule has 2 aromatic heterocycles. The number of aromatic nitrogens is 2. The molecule has 13 heteroatoms. The molecule has 0 bridgehead atoms. The lowest BCUT2D eigenvalue weighted by Gasteiger charge is -2.24. The molecule has 3 aromatic rings. The lowest BCUT2D eigenvalue weighted by Crippen LogP contribution is -2.39. The van der Waals surface area contributed by atoms with E-state index in [-0.39, 0.29) is 23.0 Å². The molecular formula is C24H19F3N6O4. The van der Waals surface area contributed by atoms with Gasteiger partial charge in [-0.15, -0.1) is 13.2 Å². The molecule has 2 fully saturated rings. The molecule has 1 aromatic carbocycles. The average molecular weight is 512 g/mol. The first kappa shape index (κ1) is 24.0. The van der Waals surface area contributed by atoms with E-state index < -0.39 is 35.6 Å². The molecular weight excluding hydrogens is 493 g/mol. The standard InChI is InChI=1S/C24H19F3N6O4/c1-14-12-23(14)20(34)32(15-5-7-16(8-6-15)37-24(25,26)27)22(36)33(23)18-9-11-28-13-17(18)30-21(35)31-19-4-2-3-10-29-19/h2-11,13-14H,12H2,1H3,(H2,29,30,31,35). The Balaban J connectivity index is 1.44. The summed E-state index contributed by atoms with van der Waals surface area (Å²) in [4.78, 5) is 50.0. The van der Waals surface area contributed by atoms with Crippen molar-refractivity contribution in [1.29, 1.82) is 0 Å². The summed E-state index contributed by atoms with van der Waals surface area (Å²) in [6.45, 7) is 1.81. The summed E-state index contributed by atoms with van der Waals surface area (Å²) in [5.74, 6) is -0.907. The first-order valence-corrected chi connectivity index (χ1v) is 11.1. The average Bonchev–Trinajstić information content (AvgIpc) is 3.46. The number of nitrogens with zero attached hydrogens (tertiary/aromatic N) is 4. The van der Waals surface area contributed by atoms with Gasteiger partial charge in [-0.05, 0) is 54.8 Å². The van der Waals surface area contributed by atoms with Crippen LogP contribution in [0.2, 0.25) is 0 Å². The largest absolute Gasteiger partial charge is 0.573 e. The Kier molecular flexibility index (Phi) is 5.69. The molecule has 10 nitrogen and oxygen atoms in total. The van der Waals surface area contributed by atoms with Gasteiger partial charge in [-0.2, -0.15) is 0 Å². The number of halogens is 3. The quantitative estimate of drug-likeness (QED) is 0.476. The Labute approximate surface area is 208 Å². The highest BCUT2D eigenvalue weighted by Gasteiger charge is 2.70. The number of rotatable bonds is 5. The van der Waals surface area contributed by atoms with Crippen LogP contribution < -0.4 is 25.2 Å². The van der Waals surface area contributed by atoms with Crippen LogP contribution in [0.5, 0.6) is 5.75 Å². The number of pyridine rings is 2. The number of imide groups is 1. The molecule has 2 atom stereocenters. The van der Waals surface area contributed by atoms with Gasteiger partial charge in [0.1, 0.15) is 17.1 Å². The molecule has 1 saturated carbocycles. The lowest BCUT2D eigenvalue weighted by atomic mass is 10.1. The number of nitrogens with one attached hydrogen (secondary N) is 2. The molecule has 1 aliphatic heterocycles. The summed E-state index contributed by atoms with van der Waals surface area (Å²) in [5.41, 5.74) is -0.699. The van der Waals surface area contributed by atoms with E-state index in [1.165, 1.54) is 41.7 Å². The van der Waals surface area contributed by atoms with Crippen LogP contribution in [0.25, 0.3) is 0 Å². The SMILES string of the molecule is CC1CC12C(=O)N(c1ccc(OC(F)(F)F)cc1)C(=O)N2c1ccncc1NC(=O)Nc1ccccn1. The zero-order valence-corrected chi connectivity index (χ0v) is 19.2. The molecule has 3 heterocycles. The minimum atomic E-state index is -4.88. The van der Waals surface area contributed by atoms with Crippen LogP contribution in [0.15, 0.2) is 67.1 Å². The van der Waals surface area contributed by atoms with E-state index in [9.17, 15) is 27.6 Å². The Morgan fingerprint density at radius 3 is 2.43 bits per heavy atom. The maximum Gasteiger partial charge on any atom is 0.573 e. The summed E-state index contributed by atoms with van der Waals surface area (Å²) < 4.78 is 41.4. The first-order chi connectivity index (χ1) is 17.6. The van der Waals surface area contributed by atoms with Crippen LogP contribution in [0.3, 0.4) is 0 Å². The number of amides is 5. The van der Waals surface area contributed by atoms with E-state index in [1.807, 2.05) is 6.92 Å². The van der Waals surface area contributed by atoms with Crippen molar-refractivity contribution in [3.8, 4) is 5.75 Å². The number of benzene rings is 1. The van der Waals surface area contributed by atoms with Crippen molar-refractivity contribution in [2.24, 2.45) is 5.92 Å². The van der Waals surface area contributed by atoms with Gasteiger partial charge < -0.3 is 10.1 Å². The number of hydrogen-bond acceptors (Lipinski definition) is 6. The Morgan fingerprint density at radius 2 is 1.81 bits per heavy atom. The van der Waals surface area contributed by atoms with Gasteiger partial charge in [0, 0.05) is 12.4 Å². The van der Waals surface area contributed by atoms with Crippen molar-refractivity contribution < 1.29 is 32.3 Å². The summed E-state index contributed by atoms with van der Waals surface area (Å²) in [7, 11) is 0. The van der Waals surface area contributed by atoms with Gasteiger partial charge in [0.05, 0.1) is 23.3 Å². The third-order valence-electron chi connectivity index (χ3n) is 6.15. The predicted molar refractivity (Wildman–Crippen MR) is 126 cm³/mol. The van der Waals surface area contributed by atoms with Gasteiger partial charge in [-0.3, -0.25) is 20.0 Å². The van der Waals surface area contributed by atoms with Crippen molar-refractivity contribution in [2.45, 2.75) is 25.2 Å². The molecule has 0 radical (unpaired) electrons. The molecule has 2 aliphatic rings. The monoisotopic (exact) mass is 512 g/mol. The van der Waals surface area contributed by atoms with Crippen LogP contribution in [0, 0.1) is 5.92 Å². The van der Waals surface area contributed by atoms with E-state index in [2.05, 4.69) is 25.3 Å². The number of carbonyl (C=O) groups excluding carboxylic acids is 3. The Morgan fingerprint density at radius 1 is 1.08 bits per heavy atom. The zero-order valence-electron chi connectivity index (χ0n) is 19.2. The van der Waals surface area contributed by atoms with Crippen molar-refractivity contribution in [3.63, 3.8) is 0 Å². The number of alkyl halides is 3. The molecule has 1 spiro atoms. The highest BCUT2D eigenvalue weighted by molar-refractivity contribution is 6.32. The maximum atomic E-state index is 13.6. The smallest absolute Gasteiger partial charge is 0.406 e. The van der Waals surface area contributed by atoms with Crippen LogP contribution in [-0.2, 0) is 4.79 Å². The number of anilines is 4. The van der Waals surface area contributed by atoms with Crippen molar-refractivity contribution in [2.75, 3.05) is 20.4 Å². The maximum absolute atomic E-state index is 13.6. The predicted octanol–water partition coefficient (Wildman–Crippen LogP) is 4.77. The van der Waals surface area contributed by atoms with Gasteiger partial charge in [0.25, 0.3) is 5.91 Å². The second-order valence-electron chi connectivity index (χ2n) is 8.52. The van der Waals surface area contributed by atoms with E-state index in [0.29, 0.717) is 12.2 Å². The van der Waals surface area contributed by atoms with Crippen LogP contribution >= 0.6 is 0 Å². The number of hydrogen-bond donors (Lipinski definition) is 2. The second-order valence-corrected chi connectivity index (χ2v) is 8.52. The molecule has 37 heavy (non-hydrogen) atoms. The van der Waals surface area contributed by atoms with Crippen LogP contribution in [-0.4, -0.2) is 39.8 Å². The number of urea groups is 2.